The quantitative estimate of drug-likeness (QED) is 0.591. The molecule has 4 aromatic rings. The Hall–Kier alpha value is -3.39. The summed E-state index contributed by atoms with van der Waals surface area (Å²) in [7, 11) is 1.90. The number of hydrogen-bond donors (Lipinski definition) is 1. The average Bonchev–Trinajstić information content (AvgIpc) is 3.36. The molecule has 1 saturated heterocycles. The fraction of sp³-hybridized carbons (Fsp3) is 0.250. The van der Waals surface area contributed by atoms with Crippen molar-refractivity contribution in [2.45, 2.75) is 0 Å². The van der Waals surface area contributed by atoms with E-state index >= 15 is 0 Å². The molecule has 0 unspecified atom stereocenters. The Kier molecular flexibility index (Phi) is 4.17. The van der Waals surface area contributed by atoms with Gasteiger partial charge in [0.1, 0.15) is 0 Å². The molecule has 0 spiro atoms. The van der Waals surface area contributed by atoms with Crippen molar-refractivity contribution in [1.29, 1.82) is 0 Å². The molecule has 1 aliphatic heterocycles. The molecule has 1 fully saturated rings. The monoisotopic (exact) mass is 375 g/mol. The molecule has 0 aliphatic carbocycles. The van der Waals surface area contributed by atoms with E-state index in [2.05, 4.69) is 49.5 Å². The smallest absolute Gasteiger partial charge is 0.180 e. The molecule has 28 heavy (non-hydrogen) atoms. The van der Waals surface area contributed by atoms with E-state index in [9.17, 15) is 0 Å². The van der Waals surface area contributed by atoms with Crippen LogP contribution in [0.1, 0.15) is 0 Å². The topological polar surface area (TPSA) is 72.5 Å². The minimum Gasteiger partial charge on any atom is -0.378 e. The van der Waals surface area contributed by atoms with Gasteiger partial charge in [-0.2, -0.15) is 5.10 Å². The van der Waals surface area contributed by atoms with Gasteiger partial charge in [0.15, 0.2) is 11.5 Å². The van der Waals surface area contributed by atoms with Crippen molar-refractivity contribution in [3.8, 4) is 11.3 Å². The first-order chi connectivity index (χ1) is 13.8. The summed E-state index contributed by atoms with van der Waals surface area (Å²) >= 11 is 0. The second kappa shape index (κ2) is 6.97. The van der Waals surface area contributed by atoms with Crippen molar-refractivity contribution in [3.05, 3.63) is 55.2 Å². The lowest BCUT2D eigenvalue weighted by atomic mass is 10.2. The van der Waals surface area contributed by atoms with Crippen LogP contribution in [0.25, 0.3) is 16.9 Å². The molecular weight excluding hydrogens is 354 g/mol. The van der Waals surface area contributed by atoms with E-state index in [0.29, 0.717) is 0 Å². The number of fused-ring (bicyclic) bond motifs is 1. The molecule has 0 saturated carbocycles. The number of aryl methyl sites for hydroxylation is 1. The number of benzene rings is 1. The van der Waals surface area contributed by atoms with Gasteiger partial charge in [0.25, 0.3) is 0 Å². The van der Waals surface area contributed by atoms with Crippen molar-refractivity contribution in [2.24, 2.45) is 7.05 Å². The number of nitrogens with one attached hydrogen (secondary N) is 1. The third-order valence-corrected chi connectivity index (χ3v) is 4.93. The molecule has 5 rings (SSSR count). The van der Waals surface area contributed by atoms with Gasteiger partial charge < -0.3 is 15.0 Å². The lowest BCUT2D eigenvalue weighted by Crippen LogP contribution is -2.36. The SMILES string of the molecule is Cn1cc(-c2cnc3c(Nc4ccc(N5CCOCC5)cc4)nccn23)cn1. The van der Waals surface area contributed by atoms with Crippen LogP contribution < -0.4 is 10.2 Å². The number of imidazole rings is 1. The maximum absolute atomic E-state index is 5.42. The molecule has 8 heteroatoms. The summed E-state index contributed by atoms with van der Waals surface area (Å²) in [5.41, 5.74) is 4.96. The molecule has 0 bridgehead atoms. The number of hydrogen-bond acceptors (Lipinski definition) is 6. The Morgan fingerprint density at radius 1 is 1.04 bits per heavy atom. The maximum Gasteiger partial charge on any atom is 0.180 e. The van der Waals surface area contributed by atoms with E-state index in [4.69, 9.17) is 4.74 Å². The van der Waals surface area contributed by atoms with Gasteiger partial charge in [-0.05, 0) is 24.3 Å². The average molecular weight is 375 g/mol. The largest absolute Gasteiger partial charge is 0.378 e. The second-order valence-corrected chi connectivity index (χ2v) is 6.79. The van der Waals surface area contributed by atoms with Crippen LogP contribution in [-0.4, -0.2) is 50.5 Å². The molecule has 0 atom stereocenters. The maximum atomic E-state index is 5.42. The molecule has 0 amide bonds. The van der Waals surface area contributed by atoms with Crippen LogP contribution in [0.3, 0.4) is 0 Å². The van der Waals surface area contributed by atoms with E-state index in [-0.39, 0.29) is 0 Å². The Bertz CT molecular complexity index is 1090. The lowest BCUT2D eigenvalue weighted by molar-refractivity contribution is 0.122. The van der Waals surface area contributed by atoms with E-state index < -0.39 is 0 Å². The Balaban J connectivity index is 1.41. The van der Waals surface area contributed by atoms with Crippen molar-refractivity contribution >= 4 is 22.8 Å². The van der Waals surface area contributed by atoms with Crippen LogP contribution >= 0.6 is 0 Å². The van der Waals surface area contributed by atoms with Gasteiger partial charge in [0, 0.05) is 55.7 Å². The zero-order valence-electron chi connectivity index (χ0n) is 15.6. The van der Waals surface area contributed by atoms with Gasteiger partial charge in [-0.15, -0.1) is 0 Å². The molecule has 142 valence electrons. The summed E-state index contributed by atoms with van der Waals surface area (Å²) < 4.78 is 9.23. The molecule has 8 nitrogen and oxygen atoms in total. The predicted octanol–water partition coefficient (Wildman–Crippen LogP) is 2.71. The first-order valence-electron chi connectivity index (χ1n) is 9.29. The molecule has 1 aromatic carbocycles. The van der Waals surface area contributed by atoms with E-state index in [1.807, 2.05) is 36.2 Å². The summed E-state index contributed by atoms with van der Waals surface area (Å²) in [5.74, 6) is 0.719. The zero-order chi connectivity index (χ0) is 18.9. The Morgan fingerprint density at radius 2 is 1.86 bits per heavy atom. The summed E-state index contributed by atoms with van der Waals surface area (Å²) in [4.78, 5) is 11.4. The Labute approximate surface area is 162 Å². The number of aromatic nitrogens is 5. The van der Waals surface area contributed by atoms with Crippen LogP contribution in [0, 0.1) is 0 Å². The van der Waals surface area contributed by atoms with Crippen LogP contribution in [0.5, 0.6) is 0 Å². The minimum atomic E-state index is 0.719. The molecule has 0 radical (unpaired) electrons. The van der Waals surface area contributed by atoms with Crippen molar-refractivity contribution < 1.29 is 4.74 Å². The highest BCUT2D eigenvalue weighted by Crippen LogP contribution is 2.26. The highest BCUT2D eigenvalue weighted by Gasteiger charge is 2.13. The molecule has 3 aromatic heterocycles. The van der Waals surface area contributed by atoms with Crippen molar-refractivity contribution in [2.75, 3.05) is 36.5 Å². The van der Waals surface area contributed by atoms with E-state index in [1.165, 1.54) is 5.69 Å². The predicted molar refractivity (Wildman–Crippen MR) is 108 cm³/mol. The summed E-state index contributed by atoms with van der Waals surface area (Å²) in [6.45, 7) is 3.42. The highest BCUT2D eigenvalue weighted by molar-refractivity contribution is 5.74. The fourth-order valence-electron chi connectivity index (χ4n) is 3.49. The van der Waals surface area contributed by atoms with Gasteiger partial charge in [-0.3, -0.25) is 9.08 Å². The molecular formula is C20H21N7O. The normalized spacial score (nSPS) is 14.5. The van der Waals surface area contributed by atoms with Crippen LogP contribution in [0.15, 0.2) is 55.2 Å². The number of rotatable bonds is 4. The second-order valence-electron chi connectivity index (χ2n) is 6.79. The first kappa shape index (κ1) is 16.8. The molecule has 1 N–H and O–H groups in total. The summed E-state index contributed by atoms with van der Waals surface area (Å²) in [6.07, 6.45) is 9.35. The third-order valence-electron chi connectivity index (χ3n) is 4.93. The zero-order valence-corrected chi connectivity index (χ0v) is 15.6. The third kappa shape index (κ3) is 3.07. The van der Waals surface area contributed by atoms with Gasteiger partial charge in [0.05, 0.1) is 31.3 Å². The standard InChI is InChI=1S/C20H21N7O/c1-25-14-15(12-23-25)18-13-22-20-19(21-6-7-27(18)20)24-16-2-4-17(5-3-16)26-8-10-28-11-9-26/h2-7,12-14H,8-11H2,1H3,(H,21,24). The number of nitrogens with zero attached hydrogens (tertiary/aromatic N) is 6. The van der Waals surface area contributed by atoms with Gasteiger partial charge in [-0.1, -0.05) is 0 Å². The highest BCUT2D eigenvalue weighted by atomic mass is 16.5. The number of anilines is 3. The van der Waals surface area contributed by atoms with E-state index in [1.54, 1.807) is 10.9 Å². The minimum absolute atomic E-state index is 0.719. The first-order valence-corrected chi connectivity index (χ1v) is 9.29. The van der Waals surface area contributed by atoms with Crippen LogP contribution in [-0.2, 0) is 11.8 Å². The van der Waals surface area contributed by atoms with E-state index in [0.717, 1.165) is 54.7 Å². The number of ether oxygens (including phenoxy) is 1. The van der Waals surface area contributed by atoms with Crippen molar-refractivity contribution in [1.82, 2.24) is 24.1 Å². The molecule has 4 heterocycles. The lowest BCUT2D eigenvalue weighted by Gasteiger charge is -2.28. The van der Waals surface area contributed by atoms with Crippen LogP contribution in [0.2, 0.25) is 0 Å². The summed E-state index contributed by atoms with van der Waals surface area (Å²) in [6, 6.07) is 8.39. The Morgan fingerprint density at radius 3 is 2.61 bits per heavy atom. The van der Waals surface area contributed by atoms with Crippen LogP contribution in [0.4, 0.5) is 17.2 Å². The summed E-state index contributed by atoms with van der Waals surface area (Å²) in [5, 5.41) is 7.64. The van der Waals surface area contributed by atoms with Gasteiger partial charge in [0.2, 0.25) is 0 Å². The fourth-order valence-corrected chi connectivity index (χ4v) is 3.49. The van der Waals surface area contributed by atoms with Gasteiger partial charge in [-0.25, -0.2) is 9.97 Å². The van der Waals surface area contributed by atoms with Gasteiger partial charge >= 0.3 is 0 Å². The number of morpholine rings is 1. The molecule has 1 aliphatic rings. The van der Waals surface area contributed by atoms with Crippen molar-refractivity contribution in [3.63, 3.8) is 0 Å².